The fourth-order valence-corrected chi connectivity index (χ4v) is 4.38. The second kappa shape index (κ2) is 7.73. The van der Waals surface area contributed by atoms with Crippen molar-refractivity contribution in [1.29, 1.82) is 0 Å². The molecule has 8 heteroatoms. The molecule has 0 aliphatic carbocycles. The summed E-state index contributed by atoms with van der Waals surface area (Å²) in [6.45, 7) is 1.12. The molecule has 0 fully saturated rings. The van der Waals surface area contributed by atoms with Crippen LogP contribution in [0, 0.1) is 0 Å². The first-order valence-electron chi connectivity index (χ1n) is 9.24. The Balaban J connectivity index is 1.41. The zero-order valence-corrected chi connectivity index (χ0v) is 16.4. The number of rotatable bonds is 6. The highest BCUT2D eigenvalue weighted by atomic mass is 32.2. The molecular weight excluding hydrogens is 376 g/mol. The summed E-state index contributed by atoms with van der Waals surface area (Å²) >= 11 is 0. The van der Waals surface area contributed by atoms with Gasteiger partial charge in [-0.25, -0.2) is 13.1 Å². The van der Waals surface area contributed by atoms with Crippen LogP contribution < -0.4 is 9.62 Å². The summed E-state index contributed by atoms with van der Waals surface area (Å²) in [4.78, 5) is 2.37. The third-order valence-electron chi connectivity index (χ3n) is 4.84. The van der Waals surface area contributed by atoms with Gasteiger partial charge in [0.2, 0.25) is 21.8 Å². The zero-order valence-electron chi connectivity index (χ0n) is 15.6. The smallest absolute Gasteiger partial charge is 0.247 e. The molecule has 1 N–H and O–H groups in total. The van der Waals surface area contributed by atoms with E-state index >= 15 is 0 Å². The molecule has 0 unspecified atom stereocenters. The minimum absolute atomic E-state index is 0.186. The van der Waals surface area contributed by atoms with Crippen molar-refractivity contribution < 1.29 is 12.8 Å². The molecule has 1 aliphatic rings. The topological polar surface area (TPSA) is 88.3 Å². The minimum atomic E-state index is -3.60. The van der Waals surface area contributed by atoms with Gasteiger partial charge in [0.1, 0.15) is 0 Å². The molecular formula is C20H22N4O3S. The molecule has 0 bridgehead atoms. The number of aryl methyl sites for hydroxylation is 1. The van der Waals surface area contributed by atoms with Crippen molar-refractivity contribution in [3.05, 3.63) is 60.0 Å². The van der Waals surface area contributed by atoms with Crippen LogP contribution in [-0.2, 0) is 22.9 Å². The first-order valence-corrected chi connectivity index (χ1v) is 10.7. The van der Waals surface area contributed by atoms with E-state index in [4.69, 9.17) is 4.42 Å². The third kappa shape index (κ3) is 3.93. The van der Waals surface area contributed by atoms with Crippen LogP contribution in [-0.4, -0.2) is 38.8 Å². The van der Waals surface area contributed by atoms with E-state index in [0.717, 1.165) is 30.6 Å². The van der Waals surface area contributed by atoms with Crippen molar-refractivity contribution in [3.8, 4) is 11.5 Å². The Morgan fingerprint density at radius 1 is 1.14 bits per heavy atom. The summed E-state index contributed by atoms with van der Waals surface area (Å²) in [6, 6.07) is 14.8. The fraction of sp³-hybridized carbons (Fsp3) is 0.300. The number of fused-ring (bicyclic) bond motifs is 1. The average molecular weight is 398 g/mol. The van der Waals surface area contributed by atoms with Gasteiger partial charge in [-0.05, 0) is 42.7 Å². The molecule has 0 atom stereocenters. The van der Waals surface area contributed by atoms with Gasteiger partial charge in [0, 0.05) is 37.8 Å². The number of nitrogens with zero attached hydrogens (tertiary/aromatic N) is 3. The van der Waals surface area contributed by atoms with E-state index in [2.05, 4.69) is 19.8 Å². The maximum atomic E-state index is 12.6. The highest BCUT2D eigenvalue weighted by Crippen LogP contribution is 2.28. The second-order valence-corrected chi connectivity index (χ2v) is 8.60. The number of hydrogen-bond donors (Lipinski definition) is 1. The molecule has 1 aliphatic heterocycles. The molecule has 0 radical (unpaired) electrons. The predicted molar refractivity (Wildman–Crippen MR) is 107 cm³/mol. The lowest BCUT2D eigenvalue weighted by Crippen LogP contribution is -2.28. The molecule has 0 amide bonds. The molecule has 2 aromatic carbocycles. The molecule has 3 aromatic rings. The number of benzene rings is 2. The van der Waals surface area contributed by atoms with Gasteiger partial charge >= 0.3 is 0 Å². The van der Waals surface area contributed by atoms with Gasteiger partial charge in [0.05, 0.1) is 4.90 Å². The molecule has 1 aromatic heterocycles. The zero-order chi connectivity index (χ0) is 19.6. The molecule has 0 saturated heterocycles. The Morgan fingerprint density at radius 3 is 2.79 bits per heavy atom. The number of hydrogen-bond acceptors (Lipinski definition) is 6. The standard InChI is InChI=1S/C20H22N4O3S/c1-24-13-5-8-15-9-10-17(14-18(15)24)28(25,26)21-12-11-19-22-23-20(27-19)16-6-3-2-4-7-16/h2-4,6-7,9-10,14,21H,5,8,11-13H2,1H3. The van der Waals surface area contributed by atoms with E-state index in [9.17, 15) is 8.42 Å². The second-order valence-electron chi connectivity index (χ2n) is 6.83. The van der Waals surface area contributed by atoms with Crippen molar-refractivity contribution in [1.82, 2.24) is 14.9 Å². The van der Waals surface area contributed by atoms with E-state index in [-0.39, 0.29) is 11.4 Å². The van der Waals surface area contributed by atoms with Gasteiger partial charge in [0.15, 0.2) is 0 Å². The molecule has 0 saturated carbocycles. The minimum Gasteiger partial charge on any atom is -0.421 e. The number of anilines is 1. The van der Waals surface area contributed by atoms with Gasteiger partial charge < -0.3 is 9.32 Å². The van der Waals surface area contributed by atoms with Crippen LogP contribution in [0.25, 0.3) is 11.5 Å². The third-order valence-corrected chi connectivity index (χ3v) is 6.30. The van der Waals surface area contributed by atoms with Crippen LogP contribution >= 0.6 is 0 Å². The van der Waals surface area contributed by atoms with Crippen molar-refractivity contribution in [2.45, 2.75) is 24.2 Å². The summed E-state index contributed by atoms with van der Waals surface area (Å²) in [5.41, 5.74) is 3.01. The van der Waals surface area contributed by atoms with Gasteiger partial charge in [-0.1, -0.05) is 24.3 Å². The summed E-state index contributed by atoms with van der Waals surface area (Å²) in [5, 5.41) is 8.01. The summed E-state index contributed by atoms with van der Waals surface area (Å²) in [7, 11) is -1.61. The Kier molecular flexibility index (Phi) is 5.15. The van der Waals surface area contributed by atoms with Crippen LogP contribution in [0.4, 0.5) is 5.69 Å². The molecule has 28 heavy (non-hydrogen) atoms. The van der Waals surface area contributed by atoms with E-state index in [0.29, 0.717) is 18.2 Å². The largest absolute Gasteiger partial charge is 0.421 e. The lowest BCUT2D eigenvalue weighted by Gasteiger charge is -2.27. The molecule has 2 heterocycles. The molecule has 0 spiro atoms. The summed E-state index contributed by atoms with van der Waals surface area (Å²) in [5.74, 6) is 0.822. The Morgan fingerprint density at radius 2 is 1.96 bits per heavy atom. The normalized spacial score (nSPS) is 14.1. The van der Waals surface area contributed by atoms with E-state index < -0.39 is 10.0 Å². The molecule has 7 nitrogen and oxygen atoms in total. The lowest BCUT2D eigenvalue weighted by atomic mass is 10.0. The highest BCUT2D eigenvalue weighted by molar-refractivity contribution is 7.89. The van der Waals surface area contributed by atoms with Gasteiger partial charge in [-0.3, -0.25) is 0 Å². The number of sulfonamides is 1. The van der Waals surface area contributed by atoms with Crippen molar-refractivity contribution >= 4 is 15.7 Å². The monoisotopic (exact) mass is 398 g/mol. The van der Waals surface area contributed by atoms with Crippen molar-refractivity contribution in [2.75, 3.05) is 25.0 Å². The fourth-order valence-electron chi connectivity index (χ4n) is 3.33. The van der Waals surface area contributed by atoms with Crippen LogP contribution in [0.3, 0.4) is 0 Å². The Bertz CT molecular complexity index is 1060. The summed E-state index contributed by atoms with van der Waals surface area (Å²) in [6.07, 6.45) is 2.39. The lowest BCUT2D eigenvalue weighted by molar-refractivity contribution is 0.502. The van der Waals surface area contributed by atoms with E-state index in [1.54, 1.807) is 12.1 Å². The average Bonchev–Trinajstić information content (AvgIpc) is 3.17. The SMILES string of the molecule is CN1CCCc2ccc(S(=O)(=O)NCCc3nnc(-c4ccccc4)o3)cc21. The predicted octanol–water partition coefficient (Wildman–Crippen LogP) is 2.64. The number of nitrogens with one attached hydrogen (secondary N) is 1. The highest BCUT2D eigenvalue weighted by Gasteiger charge is 2.20. The number of aromatic nitrogens is 2. The van der Waals surface area contributed by atoms with Crippen LogP contribution in [0.5, 0.6) is 0 Å². The van der Waals surface area contributed by atoms with E-state index in [1.807, 2.05) is 43.4 Å². The van der Waals surface area contributed by atoms with Crippen molar-refractivity contribution in [2.24, 2.45) is 0 Å². The van der Waals surface area contributed by atoms with Crippen LogP contribution in [0.15, 0.2) is 57.8 Å². The van der Waals surface area contributed by atoms with Gasteiger partial charge in [-0.15, -0.1) is 10.2 Å². The first kappa shape index (κ1) is 18.6. The Hall–Kier alpha value is -2.71. The maximum absolute atomic E-state index is 12.6. The first-order chi connectivity index (χ1) is 13.5. The summed E-state index contributed by atoms with van der Waals surface area (Å²) < 4.78 is 33.5. The van der Waals surface area contributed by atoms with Gasteiger partial charge in [-0.2, -0.15) is 0 Å². The van der Waals surface area contributed by atoms with Crippen LogP contribution in [0.2, 0.25) is 0 Å². The van der Waals surface area contributed by atoms with Crippen molar-refractivity contribution in [3.63, 3.8) is 0 Å². The molecule has 146 valence electrons. The van der Waals surface area contributed by atoms with Crippen LogP contribution in [0.1, 0.15) is 17.9 Å². The maximum Gasteiger partial charge on any atom is 0.247 e. The van der Waals surface area contributed by atoms with E-state index in [1.165, 1.54) is 5.56 Å². The quantitative estimate of drug-likeness (QED) is 0.687. The van der Waals surface area contributed by atoms with Gasteiger partial charge in [0.25, 0.3) is 0 Å². The Labute approximate surface area is 164 Å². The molecule has 4 rings (SSSR count).